The molecule has 0 spiro atoms. The molecule has 0 amide bonds. The molecular weight excluding hydrogens is 741 g/mol. The molecule has 286 valence electrons. The SMILES string of the molecule is CC1(c2ccccc2)c2ccccc2-c2ccc(-c3cccc(-c4ccc(-c5cc(-c6cccc7c6oc6ccccc67)nc(-c6ccccc6)n5)c5ccccc45)c3)cc21. The molecule has 3 heteroatoms. The van der Waals surface area contributed by atoms with E-state index in [-0.39, 0.29) is 5.41 Å². The molecule has 1 unspecified atom stereocenters. The molecule has 61 heavy (non-hydrogen) atoms. The molecule has 0 radical (unpaired) electrons. The first-order valence-corrected chi connectivity index (χ1v) is 20.9. The second-order valence-corrected chi connectivity index (χ2v) is 16.2. The third-order valence-electron chi connectivity index (χ3n) is 12.8. The number of aromatic nitrogens is 2. The van der Waals surface area contributed by atoms with E-state index >= 15 is 0 Å². The first-order chi connectivity index (χ1) is 30.1. The Labute approximate surface area is 354 Å². The van der Waals surface area contributed by atoms with Crippen LogP contribution in [0, 0.1) is 0 Å². The molecule has 2 aromatic heterocycles. The van der Waals surface area contributed by atoms with Crippen LogP contribution in [-0.4, -0.2) is 9.97 Å². The average Bonchev–Trinajstić information content (AvgIpc) is 3.84. The number of rotatable bonds is 6. The Morgan fingerprint density at radius 1 is 0.361 bits per heavy atom. The summed E-state index contributed by atoms with van der Waals surface area (Å²) in [6.07, 6.45) is 0. The monoisotopic (exact) mass is 778 g/mol. The van der Waals surface area contributed by atoms with Crippen molar-refractivity contribution in [3.63, 3.8) is 0 Å². The maximum Gasteiger partial charge on any atom is 0.160 e. The normalized spacial score (nSPS) is 14.4. The highest BCUT2D eigenvalue weighted by atomic mass is 16.3. The summed E-state index contributed by atoms with van der Waals surface area (Å²) >= 11 is 0. The van der Waals surface area contributed by atoms with Gasteiger partial charge in [-0.15, -0.1) is 0 Å². The minimum atomic E-state index is -0.257. The standard InChI is InChI=1S/C58H38N2O/c1-58(41-20-6-3-7-21-41)51-28-12-10-24-45(51)46-31-30-39(35-52(46)58)38-18-14-19-40(34-38)42-32-33-47(44-23-9-8-22-43(42)44)53-36-54(60-57(59-53)37-16-4-2-5-17-37)50-27-15-26-49-48-25-11-13-29-55(48)61-56(49)50/h2-36H,1H3. The van der Waals surface area contributed by atoms with Gasteiger partial charge >= 0.3 is 0 Å². The summed E-state index contributed by atoms with van der Waals surface area (Å²) in [4.78, 5) is 10.5. The maximum absolute atomic E-state index is 6.51. The molecular formula is C58H38N2O. The molecule has 1 aliphatic carbocycles. The van der Waals surface area contributed by atoms with E-state index in [2.05, 4.69) is 189 Å². The second-order valence-electron chi connectivity index (χ2n) is 16.2. The smallest absolute Gasteiger partial charge is 0.160 e. The molecule has 11 aromatic rings. The summed E-state index contributed by atoms with van der Waals surface area (Å²) in [5, 5.41) is 4.46. The van der Waals surface area contributed by atoms with Crippen molar-refractivity contribution in [2.75, 3.05) is 0 Å². The summed E-state index contributed by atoms with van der Waals surface area (Å²) in [5.41, 5.74) is 17.4. The van der Waals surface area contributed by atoms with Crippen LogP contribution in [0.4, 0.5) is 0 Å². The Morgan fingerprint density at radius 2 is 0.918 bits per heavy atom. The van der Waals surface area contributed by atoms with Gasteiger partial charge in [0, 0.05) is 32.9 Å². The van der Waals surface area contributed by atoms with Gasteiger partial charge in [0.2, 0.25) is 0 Å². The highest BCUT2D eigenvalue weighted by Crippen LogP contribution is 2.53. The van der Waals surface area contributed by atoms with E-state index in [1.807, 2.05) is 30.3 Å². The fourth-order valence-corrected chi connectivity index (χ4v) is 9.78. The number of hydrogen-bond acceptors (Lipinski definition) is 3. The lowest BCUT2D eigenvalue weighted by Crippen LogP contribution is -2.22. The van der Waals surface area contributed by atoms with Gasteiger partial charge in [0.1, 0.15) is 11.2 Å². The van der Waals surface area contributed by atoms with E-state index in [0.717, 1.165) is 55.4 Å². The van der Waals surface area contributed by atoms with E-state index in [9.17, 15) is 0 Å². The molecule has 9 aromatic carbocycles. The van der Waals surface area contributed by atoms with Crippen LogP contribution in [0.25, 0.3) is 100.0 Å². The van der Waals surface area contributed by atoms with E-state index in [4.69, 9.17) is 14.4 Å². The van der Waals surface area contributed by atoms with Gasteiger partial charge < -0.3 is 4.42 Å². The van der Waals surface area contributed by atoms with Crippen molar-refractivity contribution in [1.29, 1.82) is 0 Å². The maximum atomic E-state index is 6.51. The molecule has 0 saturated carbocycles. The van der Waals surface area contributed by atoms with Crippen LogP contribution in [0.3, 0.4) is 0 Å². The largest absolute Gasteiger partial charge is 0.455 e. The molecule has 1 atom stereocenters. The minimum Gasteiger partial charge on any atom is -0.455 e. The van der Waals surface area contributed by atoms with E-state index in [1.165, 1.54) is 55.5 Å². The highest BCUT2D eigenvalue weighted by Gasteiger charge is 2.40. The zero-order chi connectivity index (χ0) is 40.5. The lowest BCUT2D eigenvalue weighted by atomic mass is 9.74. The van der Waals surface area contributed by atoms with Crippen molar-refractivity contribution in [3.05, 3.63) is 229 Å². The molecule has 1 aliphatic rings. The summed E-state index contributed by atoms with van der Waals surface area (Å²) in [5.74, 6) is 0.669. The first-order valence-electron chi connectivity index (χ1n) is 20.9. The van der Waals surface area contributed by atoms with Crippen molar-refractivity contribution < 1.29 is 4.42 Å². The number of furan rings is 1. The van der Waals surface area contributed by atoms with E-state index < -0.39 is 0 Å². The Morgan fingerprint density at radius 3 is 1.75 bits per heavy atom. The second kappa shape index (κ2) is 13.9. The Balaban J connectivity index is 0.985. The Kier molecular flexibility index (Phi) is 7.98. The Hall–Kier alpha value is -7.88. The van der Waals surface area contributed by atoms with E-state index in [0.29, 0.717) is 5.82 Å². The van der Waals surface area contributed by atoms with Gasteiger partial charge in [-0.2, -0.15) is 0 Å². The molecule has 12 rings (SSSR count). The number of hydrogen-bond donors (Lipinski definition) is 0. The van der Waals surface area contributed by atoms with Gasteiger partial charge in [-0.25, -0.2) is 9.97 Å². The lowest BCUT2D eigenvalue weighted by Gasteiger charge is -2.28. The van der Waals surface area contributed by atoms with Gasteiger partial charge in [-0.05, 0) is 98.1 Å². The van der Waals surface area contributed by atoms with Crippen LogP contribution < -0.4 is 0 Å². The predicted octanol–water partition coefficient (Wildman–Crippen LogP) is 15.2. The van der Waals surface area contributed by atoms with Crippen LogP contribution in [0.15, 0.2) is 217 Å². The first kappa shape index (κ1) is 35.1. The van der Waals surface area contributed by atoms with Crippen molar-refractivity contribution in [1.82, 2.24) is 9.97 Å². The molecule has 0 fully saturated rings. The fraction of sp³-hybridized carbons (Fsp3) is 0.0345. The highest BCUT2D eigenvalue weighted by molar-refractivity contribution is 6.10. The van der Waals surface area contributed by atoms with Crippen LogP contribution in [0.5, 0.6) is 0 Å². The van der Waals surface area contributed by atoms with Gasteiger partial charge in [0.15, 0.2) is 5.82 Å². The number of para-hydroxylation sites is 2. The molecule has 0 bridgehead atoms. The average molecular weight is 779 g/mol. The van der Waals surface area contributed by atoms with Crippen LogP contribution in [-0.2, 0) is 5.41 Å². The number of fused-ring (bicyclic) bond motifs is 7. The fourth-order valence-electron chi connectivity index (χ4n) is 9.78. The number of nitrogens with zero attached hydrogens (tertiary/aromatic N) is 2. The lowest BCUT2D eigenvalue weighted by molar-refractivity contribution is 0.670. The van der Waals surface area contributed by atoms with Crippen LogP contribution in [0.2, 0.25) is 0 Å². The minimum absolute atomic E-state index is 0.257. The van der Waals surface area contributed by atoms with E-state index in [1.54, 1.807) is 0 Å². The molecule has 0 aliphatic heterocycles. The summed E-state index contributed by atoms with van der Waals surface area (Å²) in [6.45, 7) is 2.38. The quantitative estimate of drug-likeness (QED) is 0.169. The topological polar surface area (TPSA) is 38.9 Å². The summed E-state index contributed by atoms with van der Waals surface area (Å²) in [7, 11) is 0. The van der Waals surface area contributed by atoms with Gasteiger partial charge in [-0.1, -0.05) is 182 Å². The van der Waals surface area contributed by atoms with Gasteiger partial charge in [0.25, 0.3) is 0 Å². The van der Waals surface area contributed by atoms with Crippen molar-refractivity contribution in [2.24, 2.45) is 0 Å². The molecule has 3 nitrogen and oxygen atoms in total. The molecule has 2 heterocycles. The Bertz CT molecular complexity index is 3490. The number of benzene rings is 9. The van der Waals surface area contributed by atoms with Crippen molar-refractivity contribution in [3.8, 4) is 67.3 Å². The zero-order valence-corrected chi connectivity index (χ0v) is 33.5. The summed E-state index contributed by atoms with van der Waals surface area (Å²) < 4.78 is 6.51. The third-order valence-corrected chi connectivity index (χ3v) is 12.8. The van der Waals surface area contributed by atoms with Gasteiger partial charge in [0.05, 0.1) is 11.4 Å². The summed E-state index contributed by atoms with van der Waals surface area (Å²) in [6, 6.07) is 75.9. The predicted molar refractivity (Wildman–Crippen MR) is 251 cm³/mol. The molecule has 0 saturated heterocycles. The third kappa shape index (κ3) is 5.58. The zero-order valence-electron chi connectivity index (χ0n) is 33.5. The van der Waals surface area contributed by atoms with Crippen molar-refractivity contribution in [2.45, 2.75) is 12.3 Å². The van der Waals surface area contributed by atoms with Gasteiger partial charge in [-0.3, -0.25) is 0 Å². The van der Waals surface area contributed by atoms with Crippen molar-refractivity contribution >= 4 is 32.7 Å². The van der Waals surface area contributed by atoms with Crippen LogP contribution in [0.1, 0.15) is 23.6 Å². The van der Waals surface area contributed by atoms with Crippen LogP contribution >= 0.6 is 0 Å². The molecule has 0 N–H and O–H groups in total.